The second-order valence-electron chi connectivity index (χ2n) is 4.67. The standard InChI is InChI=1S/C13H14ClN3O2S/c14-12-10(17-7-8-20-13(17)15-12)5-6-11(18)16-19-9-3-1-2-4-9/h5-9H,1-4H2,(H,16,18)/b6-5+. The van der Waals surface area contributed by atoms with Crippen LogP contribution in [0.15, 0.2) is 17.7 Å². The molecule has 1 amide bonds. The summed E-state index contributed by atoms with van der Waals surface area (Å²) in [6, 6.07) is 0. The highest BCUT2D eigenvalue weighted by Gasteiger charge is 2.16. The molecule has 2 aromatic rings. The zero-order valence-electron chi connectivity index (χ0n) is 10.7. The number of hydrogen-bond acceptors (Lipinski definition) is 4. The molecule has 2 aromatic heterocycles. The topological polar surface area (TPSA) is 55.6 Å². The number of hydroxylamine groups is 1. The van der Waals surface area contributed by atoms with E-state index in [0.29, 0.717) is 10.8 Å². The Morgan fingerprint density at radius 1 is 1.55 bits per heavy atom. The maximum Gasteiger partial charge on any atom is 0.267 e. The molecule has 1 aliphatic rings. The fraction of sp³-hybridized carbons (Fsp3) is 0.385. The average Bonchev–Trinajstić information content (AvgIpc) is 3.11. The van der Waals surface area contributed by atoms with Gasteiger partial charge in [0.2, 0.25) is 0 Å². The Hall–Kier alpha value is -1.37. The number of thiazole rings is 1. The molecule has 0 bridgehead atoms. The molecule has 7 heteroatoms. The fourth-order valence-corrected chi connectivity index (χ4v) is 3.27. The van der Waals surface area contributed by atoms with Crippen molar-refractivity contribution in [2.75, 3.05) is 0 Å². The van der Waals surface area contributed by atoms with Crippen molar-refractivity contribution in [2.45, 2.75) is 31.8 Å². The number of aromatic nitrogens is 2. The number of rotatable bonds is 4. The first-order chi connectivity index (χ1) is 9.74. The molecule has 0 unspecified atom stereocenters. The van der Waals surface area contributed by atoms with Crippen LogP contribution in [0.1, 0.15) is 31.4 Å². The van der Waals surface area contributed by atoms with Crippen molar-refractivity contribution in [1.29, 1.82) is 0 Å². The summed E-state index contributed by atoms with van der Waals surface area (Å²) in [7, 11) is 0. The summed E-state index contributed by atoms with van der Waals surface area (Å²) in [5.41, 5.74) is 3.15. The van der Waals surface area contributed by atoms with Crippen LogP contribution in [0.4, 0.5) is 0 Å². The van der Waals surface area contributed by atoms with Gasteiger partial charge in [0.05, 0.1) is 11.8 Å². The van der Waals surface area contributed by atoms with Crippen LogP contribution in [-0.4, -0.2) is 21.4 Å². The van der Waals surface area contributed by atoms with Gasteiger partial charge in [0, 0.05) is 17.7 Å². The Labute approximate surface area is 125 Å². The van der Waals surface area contributed by atoms with Crippen LogP contribution in [0, 0.1) is 0 Å². The summed E-state index contributed by atoms with van der Waals surface area (Å²) < 4.78 is 1.84. The Balaban J connectivity index is 1.62. The molecular formula is C13H14ClN3O2S. The van der Waals surface area contributed by atoms with Gasteiger partial charge in [-0.3, -0.25) is 14.0 Å². The minimum absolute atomic E-state index is 0.148. The Morgan fingerprint density at radius 2 is 2.35 bits per heavy atom. The van der Waals surface area contributed by atoms with Gasteiger partial charge < -0.3 is 0 Å². The van der Waals surface area contributed by atoms with Crippen molar-refractivity contribution in [3.05, 3.63) is 28.5 Å². The summed E-state index contributed by atoms with van der Waals surface area (Å²) >= 11 is 7.53. The third-order valence-corrected chi connectivity index (χ3v) is 4.31. The van der Waals surface area contributed by atoms with E-state index in [0.717, 1.165) is 30.6 Å². The first-order valence-corrected chi connectivity index (χ1v) is 7.74. The summed E-state index contributed by atoms with van der Waals surface area (Å²) in [4.78, 5) is 22.0. The quantitative estimate of drug-likeness (QED) is 0.697. The molecule has 106 valence electrons. The predicted molar refractivity (Wildman–Crippen MR) is 78.6 cm³/mol. The van der Waals surface area contributed by atoms with Crippen molar-refractivity contribution in [3.8, 4) is 0 Å². The largest absolute Gasteiger partial charge is 0.289 e. The van der Waals surface area contributed by atoms with E-state index in [1.54, 1.807) is 6.08 Å². The van der Waals surface area contributed by atoms with Crippen LogP contribution in [-0.2, 0) is 9.63 Å². The van der Waals surface area contributed by atoms with E-state index in [1.165, 1.54) is 17.4 Å². The first-order valence-electron chi connectivity index (χ1n) is 6.49. The molecule has 5 nitrogen and oxygen atoms in total. The van der Waals surface area contributed by atoms with Gasteiger partial charge in [0.15, 0.2) is 10.1 Å². The zero-order valence-corrected chi connectivity index (χ0v) is 12.3. The lowest BCUT2D eigenvalue weighted by atomic mass is 10.3. The molecule has 1 saturated carbocycles. The van der Waals surface area contributed by atoms with E-state index in [4.69, 9.17) is 16.4 Å². The van der Waals surface area contributed by atoms with Crippen molar-refractivity contribution < 1.29 is 9.63 Å². The molecule has 0 atom stereocenters. The molecule has 20 heavy (non-hydrogen) atoms. The fourth-order valence-electron chi connectivity index (χ4n) is 2.26. The summed E-state index contributed by atoms with van der Waals surface area (Å²) in [5, 5.41) is 2.30. The molecule has 0 aliphatic heterocycles. The van der Waals surface area contributed by atoms with Crippen molar-refractivity contribution in [1.82, 2.24) is 14.9 Å². The lowest BCUT2D eigenvalue weighted by Gasteiger charge is -2.09. The molecule has 0 aromatic carbocycles. The predicted octanol–water partition coefficient (Wildman–Crippen LogP) is 3.05. The molecule has 0 spiro atoms. The number of nitrogens with zero attached hydrogens (tertiary/aromatic N) is 2. The van der Waals surface area contributed by atoms with Crippen molar-refractivity contribution >= 4 is 39.9 Å². The minimum atomic E-state index is -0.293. The normalized spacial score (nSPS) is 16.4. The second kappa shape index (κ2) is 5.95. The molecular weight excluding hydrogens is 298 g/mol. The number of carbonyl (C=O) groups is 1. The zero-order chi connectivity index (χ0) is 13.9. The number of fused-ring (bicyclic) bond motifs is 1. The highest BCUT2D eigenvalue weighted by Crippen LogP contribution is 2.22. The molecule has 1 fully saturated rings. The molecule has 2 heterocycles. The van der Waals surface area contributed by atoms with E-state index in [1.807, 2.05) is 16.0 Å². The van der Waals surface area contributed by atoms with Crippen molar-refractivity contribution in [2.24, 2.45) is 0 Å². The maximum absolute atomic E-state index is 11.7. The van der Waals surface area contributed by atoms with Crippen LogP contribution >= 0.6 is 22.9 Å². The van der Waals surface area contributed by atoms with E-state index < -0.39 is 0 Å². The maximum atomic E-state index is 11.7. The van der Waals surface area contributed by atoms with Gasteiger partial charge in [-0.2, -0.15) is 0 Å². The summed E-state index contributed by atoms with van der Waals surface area (Å²) in [5.74, 6) is -0.293. The van der Waals surface area contributed by atoms with Gasteiger partial charge in [-0.25, -0.2) is 10.5 Å². The highest BCUT2D eigenvalue weighted by atomic mass is 35.5. The molecule has 0 saturated heterocycles. The first kappa shape index (κ1) is 13.6. The molecule has 3 rings (SSSR count). The number of hydrogen-bond donors (Lipinski definition) is 1. The minimum Gasteiger partial charge on any atom is -0.289 e. The van der Waals surface area contributed by atoms with Gasteiger partial charge in [-0.15, -0.1) is 11.3 Å². The SMILES string of the molecule is O=C(/C=C/c1c(Cl)nc2sccn12)NOC1CCCC1. The summed E-state index contributed by atoms with van der Waals surface area (Å²) in [6.45, 7) is 0. The van der Waals surface area contributed by atoms with Gasteiger partial charge in [0.1, 0.15) is 0 Å². The van der Waals surface area contributed by atoms with Gasteiger partial charge >= 0.3 is 0 Å². The van der Waals surface area contributed by atoms with E-state index in [9.17, 15) is 4.79 Å². The Bertz CT molecular complexity index is 643. The number of imidazole rings is 1. The third kappa shape index (κ3) is 2.87. The number of amides is 1. The Kier molecular flexibility index (Phi) is 4.05. The lowest BCUT2D eigenvalue weighted by Crippen LogP contribution is -2.26. The van der Waals surface area contributed by atoms with Crippen LogP contribution in [0.3, 0.4) is 0 Å². The van der Waals surface area contributed by atoms with Crippen LogP contribution in [0.25, 0.3) is 11.0 Å². The number of nitrogens with one attached hydrogen (secondary N) is 1. The van der Waals surface area contributed by atoms with Crippen LogP contribution in [0.2, 0.25) is 5.15 Å². The third-order valence-electron chi connectivity index (χ3n) is 3.28. The summed E-state index contributed by atoms with van der Waals surface area (Å²) in [6.07, 6.45) is 9.41. The second-order valence-corrected chi connectivity index (χ2v) is 5.90. The van der Waals surface area contributed by atoms with Crippen LogP contribution in [0.5, 0.6) is 0 Å². The molecule has 0 radical (unpaired) electrons. The van der Waals surface area contributed by atoms with E-state index in [-0.39, 0.29) is 12.0 Å². The van der Waals surface area contributed by atoms with E-state index in [2.05, 4.69) is 10.5 Å². The van der Waals surface area contributed by atoms with Crippen LogP contribution < -0.4 is 5.48 Å². The van der Waals surface area contributed by atoms with Crippen molar-refractivity contribution in [3.63, 3.8) is 0 Å². The average molecular weight is 312 g/mol. The Morgan fingerprint density at radius 3 is 3.15 bits per heavy atom. The van der Waals surface area contributed by atoms with Gasteiger partial charge in [-0.05, 0) is 18.9 Å². The highest BCUT2D eigenvalue weighted by molar-refractivity contribution is 7.15. The number of halogens is 1. The van der Waals surface area contributed by atoms with E-state index >= 15 is 0 Å². The number of carbonyl (C=O) groups excluding carboxylic acids is 1. The lowest BCUT2D eigenvalue weighted by molar-refractivity contribution is -0.132. The smallest absolute Gasteiger partial charge is 0.267 e. The van der Waals surface area contributed by atoms with Gasteiger partial charge in [-0.1, -0.05) is 24.4 Å². The molecule has 1 N–H and O–H groups in total. The van der Waals surface area contributed by atoms with Gasteiger partial charge in [0.25, 0.3) is 5.91 Å². The monoisotopic (exact) mass is 311 g/mol. The molecule has 1 aliphatic carbocycles.